The molecule has 4 nitrogen and oxygen atoms in total. The van der Waals surface area contributed by atoms with Gasteiger partial charge in [-0.05, 0) is 53.1 Å². The normalized spacial score (nSPS) is 11.6. The SMILES string of the molecule is c1ccc(-c2nc(-c3ccc(-c4cccnc4)cc3)cc(-c3ccc(-c4ccc5c(c4)sc4ccccc45)c4oc5ccccc5c34)n2)cc1. The zero-order valence-electron chi connectivity index (χ0n) is 26.7. The van der Waals surface area contributed by atoms with Crippen LogP contribution in [0.15, 0.2) is 168 Å². The Morgan fingerprint density at radius 2 is 1.16 bits per heavy atom. The van der Waals surface area contributed by atoms with E-state index in [0.717, 1.165) is 72.3 Å². The molecule has 0 aliphatic carbocycles. The van der Waals surface area contributed by atoms with Crippen LogP contribution in [0.2, 0.25) is 0 Å². The number of benzene rings is 6. The second-order valence-corrected chi connectivity index (χ2v) is 13.5. The third-order valence-electron chi connectivity index (χ3n) is 9.43. The van der Waals surface area contributed by atoms with Crippen molar-refractivity contribution in [3.8, 4) is 56.2 Å². The number of hydrogen-bond acceptors (Lipinski definition) is 5. The number of hydrogen-bond donors (Lipinski definition) is 0. The summed E-state index contributed by atoms with van der Waals surface area (Å²) in [7, 11) is 0. The molecule has 6 aromatic carbocycles. The number of fused-ring (bicyclic) bond motifs is 6. The molecule has 234 valence electrons. The number of para-hydroxylation sites is 1. The predicted molar refractivity (Wildman–Crippen MR) is 207 cm³/mol. The summed E-state index contributed by atoms with van der Waals surface area (Å²) in [5.41, 5.74) is 10.7. The van der Waals surface area contributed by atoms with Gasteiger partial charge < -0.3 is 4.42 Å². The van der Waals surface area contributed by atoms with Crippen molar-refractivity contribution in [2.45, 2.75) is 0 Å². The van der Waals surface area contributed by atoms with Crippen LogP contribution in [0.1, 0.15) is 0 Å². The molecular formula is C45H27N3OS. The molecule has 0 aliphatic rings. The van der Waals surface area contributed by atoms with E-state index in [1.165, 1.54) is 20.2 Å². The van der Waals surface area contributed by atoms with Crippen LogP contribution in [0.4, 0.5) is 0 Å². The lowest BCUT2D eigenvalue weighted by Crippen LogP contribution is -1.96. The Morgan fingerprint density at radius 3 is 2.02 bits per heavy atom. The summed E-state index contributed by atoms with van der Waals surface area (Å²) in [6.07, 6.45) is 3.68. The molecule has 0 bridgehead atoms. The van der Waals surface area contributed by atoms with Crippen LogP contribution in [0.5, 0.6) is 0 Å². The van der Waals surface area contributed by atoms with Gasteiger partial charge in [0, 0.05) is 65.6 Å². The van der Waals surface area contributed by atoms with E-state index in [-0.39, 0.29) is 0 Å². The van der Waals surface area contributed by atoms with Gasteiger partial charge in [-0.25, -0.2) is 9.97 Å². The van der Waals surface area contributed by atoms with Crippen molar-refractivity contribution >= 4 is 53.4 Å². The first-order valence-electron chi connectivity index (χ1n) is 16.6. The van der Waals surface area contributed by atoms with E-state index in [4.69, 9.17) is 14.4 Å². The summed E-state index contributed by atoms with van der Waals surface area (Å²) in [4.78, 5) is 14.6. The Kier molecular flexibility index (Phi) is 6.64. The van der Waals surface area contributed by atoms with Gasteiger partial charge in [0.1, 0.15) is 11.2 Å². The fourth-order valence-corrected chi connectivity index (χ4v) is 8.12. The molecule has 10 rings (SSSR count). The standard InChI is InChI=1S/C45H27N3OS/c1-2-9-30(10-3-1)45-47-38(29-18-16-28(17-19-29)32-11-8-24-46-27-32)26-39(48-45)36-23-22-33(44-43(36)37-13-4-6-14-40(37)49-44)31-20-21-35-34-12-5-7-15-41(34)50-42(35)25-31/h1-27H. The number of rotatable bonds is 5. The van der Waals surface area contributed by atoms with Gasteiger partial charge >= 0.3 is 0 Å². The molecular weight excluding hydrogens is 631 g/mol. The van der Waals surface area contributed by atoms with Crippen LogP contribution in [0.25, 0.3) is 98.3 Å². The van der Waals surface area contributed by atoms with Crippen molar-refractivity contribution in [1.29, 1.82) is 0 Å². The average molecular weight is 658 g/mol. The van der Waals surface area contributed by atoms with Crippen LogP contribution in [-0.2, 0) is 0 Å². The minimum absolute atomic E-state index is 0.676. The van der Waals surface area contributed by atoms with Crippen LogP contribution < -0.4 is 0 Å². The lowest BCUT2D eigenvalue weighted by atomic mass is 9.95. The first-order chi connectivity index (χ1) is 24.8. The molecule has 50 heavy (non-hydrogen) atoms. The first kappa shape index (κ1) is 28.6. The largest absolute Gasteiger partial charge is 0.455 e. The quantitative estimate of drug-likeness (QED) is 0.185. The van der Waals surface area contributed by atoms with Crippen molar-refractivity contribution < 1.29 is 4.42 Å². The van der Waals surface area contributed by atoms with E-state index in [1.807, 2.05) is 53.9 Å². The van der Waals surface area contributed by atoms with Crippen molar-refractivity contribution in [3.63, 3.8) is 0 Å². The third kappa shape index (κ3) is 4.79. The molecule has 0 fully saturated rings. The summed E-state index contributed by atoms with van der Waals surface area (Å²) >= 11 is 1.83. The Hall–Kier alpha value is -6.43. The summed E-state index contributed by atoms with van der Waals surface area (Å²) in [6, 6.07) is 52.9. The number of nitrogens with zero attached hydrogens (tertiary/aromatic N) is 3. The van der Waals surface area contributed by atoms with Crippen molar-refractivity contribution in [1.82, 2.24) is 15.0 Å². The smallest absolute Gasteiger partial charge is 0.160 e. The highest BCUT2D eigenvalue weighted by atomic mass is 32.1. The minimum atomic E-state index is 0.676. The molecule has 0 N–H and O–H groups in total. The Balaban J connectivity index is 1.17. The minimum Gasteiger partial charge on any atom is -0.455 e. The summed E-state index contributed by atoms with van der Waals surface area (Å²) < 4.78 is 9.27. The van der Waals surface area contributed by atoms with Gasteiger partial charge in [0.25, 0.3) is 0 Å². The molecule has 4 aromatic heterocycles. The van der Waals surface area contributed by atoms with E-state index in [1.54, 1.807) is 6.20 Å². The average Bonchev–Trinajstić information content (AvgIpc) is 3.77. The Labute approximate surface area is 292 Å². The zero-order valence-corrected chi connectivity index (χ0v) is 27.6. The molecule has 0 amide bonds. The van der Waals surface area contributed by atoms with E-state index < -0.39 is 0 Å². The van der Waals surface area contributed by atoms with Crippen LogP contribution in [-0.4, -0.2) is 15.0 Å². The topological polar surface area (TPSA) is 51.8 Å². The Bertz CT molecular complexity index is 2860. The fourth-order valence-electron chi connectivity index (χ4n) is 6.98. The van der Waals surface area contributed by atoms with Crippen molar-refractivity contribution in [2.75, 3.05) is 0 Å². The predicted octanol–water partition coefficient (Wildman–Crippen LogP) is 12.5. The van der Waals surface area contributed by atoms with Crippen molar-refractivity contribution in [2.24, 2.45) is 0 Å². The van der Waals surface area contributed by atoms with Gasteiger partial charge in [0.2, 0.25) is 0 Å². The van der Waals surface area contributed by atoms with E-state index in [2.05, 4.69) is 120 Å². The highest BCUT2D eigenvalue weighted by Gasteiger charge is 2.20. The highest BCUT2D eigenvalue weighted by Crippen LogP contribution is 2.44. The van der Waals surface area contributed by atoms with Crippen LogP contribution >= 0.6 is 11.3 Å². The number of thiophene rings is 1. The third-order valence-corrected chi connectivity index (χ3v) is 10.6. The molecule has 4 heterocycles. The van der Waals surface area contributed by atoms with Gasteiger partial charge in [0.05, 0.1) is 11.4 Å². The lowest BCUT2D eigenvalue weighted by molar-refractivity contribution is 0.670. The zero-order chi connectivity index (χ0) is 33.0. The van der Waals surface area contributed by atoms with E-state index in [0.29, 0.717) is 5.82 Å². The summed E-state index contributed by atoms with van der Waals surface area (Å²) in [5.74, 6) is 0.676. The van der Waals surface area contributed by atoms with Gasteiger partial charge in [-0.15, -0.1) is 11.3 Å². The number of furan rings is 1. The summed E-state index contributed by atoms with van der Waals surface area (Å²) in [5, 5.41) is 4.68. The molecule has 0 saturated carbocycles. The van der Waals surface area contributed by atoms with Crippen LogP contribution in [0.3, 0.4) is 0 Å². The second-order valence-electron chi connectivity index (χ2n) is 12.4. The molecule has 0 saturated heterocycles. The molecule has 0 unspecified atom stereocenters. The molecule has 0 aliphatic heterocycles. The lowest BCUT2D eigenvalue weighted by Gasteiger charge is -2.12. The van der Waals surface area contributed by atoms with Crippen LogP contribution in [0, 0.1) is 0 Å². The maximum atomic E-state index is 6.71. The van der Waals surface area contributed by atoms with Gasteiger partial charge in [-0.3, -0.25) is 4.98 Å². The van der Waals surface area contributed by atoms with E-state index in [9.17, 15) is 0 Å². The molecule has 0 spiro atoms. The monoisotopic (exact) mass is 657 g/mol. The maximum Gasteiger partial charge on any atom is 0.160 e. The summed E-state index contributed by atoms with van der Waals surface area (Å²) in [6.45, 7) is 0. The molecule has 0 atom stereocenters. The molecule has 10 aromatic rings. The first-order valence-corrected chi connectivity index (χ1v) is 17.4. The fraction of sp³-hybridized carbons (Fsp3) is 0. The van der Waals surface area contributed by atoms with Gasteiger partial charge in [-0.2, -0.15) is 0 Å². The number of aromatic nitrogens is 3. The number of pyridine rings is 1. The van der Waals surface area contributed by atoms with Crippen molar-refractivity contribution in [3.05, 3.63) is 164 Å². The molecule has 0 radical (unpaired) electrons. The second kappa shape index (κ2) is 11.6. The Morgan fingerprint density at radius 1 is 0.460 bits per heavy atom. The van der Waals surface area contributed by atoms with E-state index >= 15 is 0 Å². The highest BCUT2D eigenvalue weighted by molar-refractivity contribution is 7.25. The maximum absolute atomic E-state index is 6.71. The van der Waals surface area contributed by atoms with Gasteiger partial charge in [-0.1, -0.05) is 115 Å². The van der Waals surface area contributed by atoms with Gasteiger partial charge in [0.15, 0.2) is 5.82 Å². The molecule has 5 heteroatoms.